The van der Waals surface area contributed by atoms with Gasteiger partial charge in [0.05, 0.1) is 23.9 Å². The van der Waals surface area contributed by atoms with Gasteiger partial charge in [0.2, 0.25) is 11.9 Å². The second-order valence-electron chi connectivity index (χ2n) is 7.43. The maximum atomic E-state index is 12.5. The van der Waals surface area contributed by atoms with Crippen molar-refractivity contribution in [1.82, 2.24) is 34.8 Å². The van der Waals surface area contributed by atoms with Crippen LogP contribution in [0.4, 0.5) is 11.8 Å². The van der Waals surface area contributed by atoms with E-state index in [9.17, 15) is 4.79 Å². The molecule has 4 heterocycles. The molecule has 30 heavy (non-hydrogen) atoms. The summed E-state index contributed by atoms with van der Waals surface area (Å²) in [5.74, 6) is 2.00. The average molecular weight is 404 g/mol. The lowest BCUT2D eigenvalue weighted by Gasteiger charge is -2.15. The van der Waals surface area contributed by atoms with Gasteiger partial charge in [0.25, 0.3) is 0 Å². The van der Waals surface area contributed by atoms with Crippen LogP contribution >= 0.6 is 0 Å². The Hall–Kier alpha value is -3.62. The molecule has 4 rings (SSSR count). The van der Waals surface area contributed by atoms with Crippen molar-refractivity contribution in [2.45, 2.75) is 33.1 Å². The van der Waals surface area contributed by atoms with Gasteiger partial charge in [0.15, 0.2) is 0 Å². The van der Waals surface area contributed by atoms with Crippen molar-refractivity contribution in [3.8, 4) is 0 Å². The number of likely N-dealkylation sites (tertiary alicyclic amines) is 1. The molecule has 154 valence electrons. The zero-order chi connectivity index (χ0) is 21.1. The lowest BCUT2D eigenvalue weighted by atomic mass is 10.0. The Morgan fingerprint density at radius 2 is 1.97 bits per heavy atom. The van der Waals surface area contributed by atoms with E-state index in [0.29, 0.717) is 30.7 Å². The number of amides is 1. The van der Waals surface area contributed by atoms with Crippen LogP contribution in [0.3, 0.4) is 0 Å². The Kier molecular flexibility index (Phi) is 5.51. The largest absolute Gasteiger partial charge is 0.345 e. The first-order valence-corrected chi connectivity index (χ1v) is 9.86. The molecule has 1 atom stereocenters. The molecule has 0 aliphatic carbocycles. The van der Waals surface area contributed by atoms with Gasteiger partial charge in [-0.05, 0) is 39.3 Å². The van der Waals surface area contributed by atoms with Gasteiger partial charge in [-0.1, -0.05) is 0 Å². The minimum Gasteiger partial charge on any atom is -0.345 e. The summed E-state index contributed by atoms with van der Waals surface area (Å²) in [6.45, 7) is 7.05. The Balaban J connectivity index is 1.46. The van der Waals surface area contributed by atoms with Crippen molar-refractivity contribution < 1.29 is 4.79 Å². The first kappa shape index (κ1) is 19.7. The Labute approximate surface area is 174 Å². The van der Waals surface area contributed by atoms with E-state index < -0.39 is 0 Å². The van der Waals surface area contributed by atoms with Crippen molar-refractivity contribution in [2.75, 3.05) is 18.4 Å². The molecule has 1 amide bonds. The molecule has 0 saturated carbocycles. The SMILES string of the molecule is Cc1cc(C)nc(Nc2cc([C@H]3CCN(C(=O)/C=C/c4cnc[nH]4)C3)nc(C)n2)n1. The molecule has 9 nitrogen and oxygen atoms in total. The third-order valence-electron chi connectivity index (χ3n) is 4.92. The monoisotopic (exact) mass is 404 g/mol. The zero-order valence-corrected chi connectivity index (χ0v) is 17.3. The van der Waals surface area contributed by atoms with Crippen LogP contribution in [-0.2, 0) is 4.79 Å². The van der Waals surface area contributed by atoms with Crippen molar-refractivity contribution in [2.24, 2.45) is 0 Å². The van der Waals surface area contributed by atoms with E-state index in [1.165, 1.54) is 0 Å². The molecule has 9 heteroatoms. The standard InChI is InChI=1S/C21H24N8O/c1-13-8-14(2)25-21(24-13)28-19-9-18(26-15(3)27-19)16-6-7-29(11-16)20(30)5-4-17-10-22-12-23-17/h4-5,8-10,12,16H,6-7,11H2,1-3H3,(H,22,23)(H,24,25,26,27,28)/b5-4+/t16-/m0/s1. The fourth-order valence-electron chi connectivity index (χ4n) is 3.59. The van der Waals surface area contributed by atoms with Crippen LogP contribution in [0.1, 0.15) is 40.9 Å². The summed E-state index contributed by atoms with van der Waals surface area (Å²) in [6, 6.07) is 3.85. The van der Waals surface area contributed by atoms with Crippen LogP contribution in [0.25, 0.3) is 6.08 Å². The highest BCUT2D eigenvalue weighted by Gasteiger charge is 2.27. The fourth-order valence-corrected chi connectivity index (χ4v) is 3.59. The number of rotatable bonds is 5. The summed E-state index contributed by atoms with van der Waals surface area (Å²) in [5, 5.41) is 3.19. The molecule has 0 radical (unpaired) electrons. The number of H-pyrrole nitrogens is 1. The number of hydrogen-bond donors (Lipinski definition) is 2. The highest BCUT2D eigenvalue weighted by Crippen LogP contribution is 2.28. The number of aromatic nitrogens is 6. The molecule has 0 bridgehead atoms. The quantitative estimate of drug-likeness (QED) is 0.629. The maximum Gasteiger partial charge on any atom is 0.246 e. The molecule has 3 aromatic heterocycles. The first-order valence-electron chi connectivity index (χ1n) is 9.86. The number of imidazole rings is 1. The van der Waals surface area contributed by atoms with Crippen molar-refractivity contribution in [3.63, 3.8) is 0 Å². The number of aryl methyl sites for hydroxylation is 3. The first-order chi connectivity index (χ1) is 14.5. The van der Waals surface area contributed by atoms with E-state index in [0.717, 1.165) is 29.2 Å². The molecule has 1 fully saturated rings. The Morgan fingerprint density at radius 3 is 2.70 bits per heavy atom. The van der Waals surface area contributed by atoms with E-state index in [2.05, 4.69) is 35.2 Å². The van der Waals surface area contributed by atoms with E-state index in [1.807, 2.05) is 37.8 Å². The van der Waals surface area contributed by atoms with Crippen LogP contribution in [0, 0.1) is 20.8 Å². The second kappa shape index (κ2) is 8.40. The zero-order valence-electron chi connectivity index (χ0n) is 17.3. The highest BCUT2D eigenvalue weighted by atomic mass is 16.2. The lowest BCUT2D eigenvalue weighted by molar-refractivity contribution is -0.124. The summed E-state index contributed by atoms with van der Waals surface area (Å²) in [7, 11) is 0. The second-order valence-corrected chi connectivity index (χ2v) is 7.43. The number of hydrogen-bond acceptors (Lipinski definition) is 7. The molecule has 1 aliphatic heterocycles. The maximum absolute atomic E-state index is 12.5. The number of nitrogens with one attached hydrogen (secondary N) is 2. The third-order valence-corrected chi connectivity index (χ3v) is 4.92. The molecular formula is C21H24N8O. The van der Waals surface area contributed by atoms with Gasteiger partial charge in [-0.2, -0.15) is 0 Å². The molecular weight excluding hydrogens is 380 g/mol. The molecule has 0 aromatic carbocycles. The van der Waals surface area contributed by atoms with Crippen LogP contribution in [0.5, 0.6) is 0 Å². The number of carbonyl (C=O) groups is 1. The molecule has 1 saturated heterocycles. The fraction of sp³-hybridized carbons (Fsp3) is 0.333. The smallest absolute Gasteiger partial charge is 0.246 e. The summed E-state index contributed by atoms with van der Waals surface area (Å²) in [5.41, 5.74) is 3.50. The van der Waals surface area contributed by atoms with Gasteiger partial charge >= 0.3 is 0 Å². The summed E-state index contributed by atoms with van der Waals surface area (Å²) < 4.78 is 0. The van der Waals surface area contributed by atoms with Gasteiger partial charge in [-0.3, -0.25) is 4.79 Å². The van der Waals surface area contributed by atoms with Crippen LogP contribution in [0.15, 0.2) is 30.7 Å². The molecule has 1 aliphatic rings. The lowest BCUT2D eigenvalue weighted by Crippen LogP contribution is -2.26. The predicted octanol–water partition coefficient (Wildman–Crippen LogP) is 2.69. The topological polar surface area (TPSA) is 113 Å². The van der Waals surface area contributed by atoms with Gasteiger partial charge in [0.1, 0.15) is 11.6 Å². The van der Waals surface area contributed by atoms with Crippen LogP contribution in [0.2, 0.25) is 0 Å². The number of anilines is 2. The minimum absolute atomic E-state index is 0.0140. The highest BCUT2D eigenvalue weighted by molar-refractivity contribution is 5.91. The number of nitrogens with zero attached hydrogens (tertiary/aromatic N) is 6. The van der Waals surface area contributed by atoms with Gasteiger partial charge in [-0.25, -0.2) is 24.9 Å². The number of carbonyl (C=O) groups excluding carboxylic acids is 1. The van der Waals surface area contributed by atoms with Crippen LogP contribution in [-0.4, -0.2) is 53.8 Å². The minimum atomic E-state index is -0.0140. The molecule has 0 spiro atoms. The summed E-state index contributed by atoms with van der Waals surface area (Å²) in [4.78, 5) is 39.1. The van der Waals surface area contributed by atoms with E-state index in [-0.39, 0.29) is 11.8 Å². The van der Waals surface area contributed by atoms with Crippen LogP contribution < -0.4 is 5.32 Å². The molecule has 0 unspecified atom stereocenters. The average Bonchev–Trinajstić information content (AvgIpc) is 3.37. The Bertz CT molecular complexity index is 1060. The molecule has 2 N–H and O–H groups in total. The van der Waals surface area contributed by atoms with Crippen molar-refractivity contribution >= 4 is 23.7 Å². The third kappa shape index (κ3) is 4.68. The predicted molar refractivity (Wildman–Crippen MR) is 113 cm³/mol. The summed E-state index contributed by atoms with van der Waals surface area (Å²) in [6.07, 6.45) is 7.44. The van der Waals surface area contributed by atoms with E-state index in [1.54, 1.807) is 24.7 Å². The molecule has 3 aromatic rings. The Morgan fingerprint density at radius 1 is 1.17 bits per heavy atom. The summed E-state index contributed by atoms with van der Waals surface area (Å²) >= 11 is 0. The van der Waals surface area contributed by atoms with E-state index in [4.69, 9.17) is 0 Å². The van der Waals surface area contributed by atoms with Gasteiger partial charge in [-0.15, -0.1) is 0 Å². The van der Waals surface area contributed by atoms with Gasteiger partial charge in [0, 0.05) is 42.5 Å². The van der Waals surface area contributed by atoms with Gasteiger partial charge < -0.3 is 15.2 Å². The van der Waals surface area contributed by atoms with E-state index >= 15 is 0 Å². The normalized spacial score (nSPS) is 16.4. The number of aromatic amines is 1. The van der Waals surface area contributed by atoms with Crippen molar-refractivity contribution in [1.29, 1.82) is 0 Å². The van der Waals surface area contributed by atoms with Crippen molar-refractivity contribution in [3.05, 3.63) is 59.3 Å².